The van der Waals surface area contributed by atoms with Crippen molar-refractivity contribution in [1.82, 2.24) is 10.2 Å². The van der Waals surface area contributed by atoms with Gasteiger partial charge in [-0.2, -0.15) is 5.10 Å². The number of hydrogen-bond donors (Lipinski definition) is 2. The molecule has 0 unspecified atom stereocenters. The largest absolute Gasteiger partial charge is 0.462 e. The van der Waals surface area contributed by atoms with Crippen molar-refractivity contribution in [1.29, 1.82) is 0 Å². The molecule has 0 amide bonds. The number of aromatic amines is 1. The Balaban J connectivity index is 0.000000185. The lowest BCUT2D eigenvalue weighted by Gasteiger charge is -2.14. The molecule has 5 nitrogen and oxygen atoms in total. The van der Waals surface area contributed by atoms with E-state index in [0.717, 1.165) is 10.9 Å². The van der Waals surface area contributed by atoms with Crippen LogP contribution in [-0.4, -0.2) is 22.3 Å². The minimum atomic E-state index is -0.318. The number of rotatable bonds is 1. The molecule has 0 fully saturated rings. The van der Waals surface area contributed by atoms with Crippen molar-refractivity contribution in [2.75, 3.05) is 5.73 Å². The standard InChI is InChI=1S/C7H7N3.C5H10O2/c8-7-5-3-1-2-4-6(5)9-10-7;1-5(2,3)7-4-6/h1-4H,(H3,8,9,10);4H,1-3H3. The monoisotopic (exact) mass is 235 g/mol. The highest BCUT2D eigenvalue weighted by molar-refractivity contribution is 5.88. The number of carbonyl (C=O) groups excluding carboxylic acids is 1. The first-order valence-corrected chi connectivity index (χ1v) is 5.24. The molecule has 0 radical (unpaired) electrons. The molecule has 0 bridgehead atoms. The van der Waals surface area contributed by atoms with Crippen LogP contribution in [-0.2, 0) is 9.53 Å². The van der Waals surface area contributed by atoms with E-state index in [4.69, 9.17) is 5.73 Å². The third-order valence-electron chi connectivity index (χ3n) is 1.90. The summed E-state index contributed by atoms with van der Waals surface area (Å²) in [6.07, 6.45) is 0. The van der Waals surface area contributed by atoms with Gasteiger partial charge in [-0.1, -0.05) is 12.1 Å². The zero-order valence-corrected chi connectivity index (χ0v) is 10.2. The number of nitrogens with zero attached hydrogens (tertiary/aromatic N) is 1. The van der Waals surface area contributed by atoms with E-state index >= 15 is 0 Å². The normalized spacial score (nSPS) is 10.5. The number of nitrogens with two attached hydrogens (primary N) is 1. The topological polar surface area (TPSA) is 81.0 Å². The molecule has 0 aliphatic rings. The number of hydrogen-bond acceptors (Lipinski definition) is 4. The van der Waals surface area contributed by atoms with E-state index in [2.05, 4.69) is 14.9 Å². The van der Waals surface area contributed by atoms with Crippen LogP contribution in [0.4, 0.5) is 5.82 Å². The fraction of sp³-hybridized carbons (Fsp3) is 0.333. The van der Waals surface area contributed by atoms with Gasteiger partial charge in [-0.3, -0.25) is 9.89 Å². The minimum Gasteiger partial charge on any atom is -0.462 e. The number of H-pyrrole nitrogens is 1. The van der Waals surface area contributed by atoms with Crippen molar-refractivity contribution in [2.24, 2.45) is 0 Å². The summed E-state index contributed by atoms with van der Waals surface area (Å²) in [5, 5.41) is 7.65. The van der Waals surface area contributed by atoms with Gasteiger partial charge in [-0.25, -0.2) is 0 Å². The Bertz CT molecular complexity index is 486. The average Bonchev–Trinajstić information content (AvgIpc) is 2.61. The zero-order chi connectivity index (χ0) is 12.9. The van der Waals surface area contributed by atoms with Gasteiger partial charge in [0.25, 0.3) is 6.47 Å². The Kier molecular flexibility index (Phi) is 4.09. The van der Waals surface area contributed by atoms with Crippen LogP contribution < -0.4 is 5.73 Å². The number of nitrogens with one attached hydrogen (secondary N) is 1. The molecule has 1 heterocycles. The first kappa shape index (κ1) is 13.0. The summed E-state index contributed by atoms with van der Waals surface area (Å²) >= 11 is 0. The third-order valence-corrected chi connectivity index (χ3v) is 1.90. The lowest BCUT2D eigenvalue weighted by molar-refractivity contribution is -0.138. The van der Waals surface area contributed by atoms with Crippen molar-refractivity contribution in [3.63, 3.8) is 0 Å². The SMILES string of the molecule is CC(C)(C)OC=O.Nc1n[nH]c2ccccc12. The van der Waals surface area contributed by atoms with E-state index in [9.17, 15) is 4.79 Å². The maximum absolute atomic E-state index is 9.60. The molecule has 2 aromatic rings. The van der Waals surface area contributed by atoms with E-state index in [1.807, 2.05) is 45.0 Å². The van der Waals surface area contributed by atoms with Crippen molar-refractivity contribution in [3.05, 3.63) is 24.3 Å². The van der Waals surface area contributed by atoms with Crippen molar-refractivity contribution < 1.29 is 9.53 Å². The smallest absolute Gasteiger partial charge is 0.293 e. The molecule has 0 aliphatic carbocycles. The highest BCUT2D eigenvalue weighted by Gasteiger charge is 2.07. The number of anilines is 1. The second kappa shape index (κ2) is 5.34. The van der Waals surface area contributed by atoms with Gasteiger partial charge in [-0.15, -0.1) is 0 Å². The molecule has 0 atom stereocenters. The molecule has 0 saturated carbocycles. The maximum Gasteiger partial charge on any atom is 0.293 e. The molecule has 1 aromatic heterocycles. The van der Waals surface area contributed by atoms with Crippen LogP contribution in [0.1, 0.15) is 20.8 Å². The summed E-state index contributed by atoms with van der Waals surface area (Å²) in [5.74, 6) is 0.565. The van der Waals surface area contributed by atoms with Gasteiger partial charge in [0.1, 0.15) is 5.60 Å². The molecule has 92 valence electrons. The summed E-state index contributed by atoms with van der Waals surface area (Å²) < 4.78 is 4.55. The van der Waals surface area contributed by atoms with E-state index in [1.165, 1.54) is 0 Å². The van der Waals surface area contributed by atoms with Crippen molar-refractivity contribution in [3.8, 4) is 0 Å². The molecule has 2 rings (SSSR count). The molecule has 5 heteroatoms. The molecular formula is C12H17N3O2. The first-order valence-electron chi connectivity index (χ1n) is 5.24. The zero-order valence-electron chi connectivity index (χ0n) is 10.2. The van der Waals surface area contributed by atoms with Crippen molar-refractivity contribution in [2.45, 2.75) is 26.4 Å². The third kappa shape index (κ3) is 4.14. The summed E-state index contributed by atoms with van der Waals surface area (Å²) in [6.45, 7) is 5.92. The quantitative estimate of drug-likeness (QED) is 0.742. The van der Waals surface area contributed by atoms with Crippen molar-refractivity contribution >= 4 is 23.2 Å². The van der Waals surface area contributed by atoms with E-state index in [-0.39, 0.29) is 5.60 Å². The summed E-state index contributed by atoms with van der Waals surface area (Å²) in [5.41, 5.74) is 6.20. The Hall–Kier alpha value is -2.04. The number of ether oxygens (including phenoxy) is 1. The van der Waals surface area contributed by atoms with Crippen LogP contribution >= 0.6 is 0 Å². The lowest BCUT2D eigenvalue weighted by Crippen LogP contribution is -2.17. The molecular weight excluding hydrogens is 218 g/mol. The van der Waals surface area contributed by atoms with Crippen LogP contribution in [0.5, 0.6) is 0 Å². The number of aromatic nitrogens is 2. The Labute approximate surface area is 100.0 Å². The Morgan fingerprint density at radius 1 is 1.35 bits per heavy atom. The van der Waals surface area contributed by atoms with Gasteiger partial charge in [-0.05, 0) is 32.9 Å². The average molecular weight is 235 g/mol. The fourth-order valence-corrected chi connectivity index (χ4v) is 1.13. The van der Waals surface area contributed by atoms with Crippen LogP contribution in [0.25, 0.3) is 10.9 Å². The number of fused-ring (bicyclic) bond motifs is 1. The van der Waals surface area contributed by atoms with E-state index in [0.29, 0.717) is 12.3 Å². The Morgan fingerprint density at radius 2 is 2.00 bits per heavy atom. The minimum absolute atomic E-state index is 0.318. The second-order valence-electron chi connectivity index (χ2n) is 4.48. The predicted molar refractivity (Wildman–Crippen MR) is 67.4 cm³/mol. The maximum atomic E-state index is 9.60. The summed E-state index contributed by atoms with van der Waals surface area (Å²) in [4.78, 5) is 9.60. The molecule has 0 spiro atoms. The second-order valence-corrected chi connectivity index (χ2v) is 4.48. The fourth-order valence-electron chi connectivity index (χ4n) is 1.13. The molecule has 0 aliphatic heterocycles. The summed E-state index contributed by atoms with van der Waals surface area (Å²) in [6, 6.07) is 7.76. The first-order chi connectivity index (χ1) is 7.94. The highest BCUT2D eigenvalue weighted by atomic mass is 16.5. The van der Waals surface area contributed by atoms with Gasteiger partial charge >= 0.3 is 0 Å². The van der Waals surface area contributed by atoms with E-state index in [1.54, 1.807) is 0 Å². The highest BCUT2D eigenvalue weighted by Crippen LogP contribution is 2.15. The number of para-hydroxylation sites is 1. The van der Waals surface area contributed by atoms with Crippen LogP contribution in [0.2, 0.25) is 0 Å². The van der Waals surface area contributed by atoms with E-state index < -0.39 is 0 Å². The molecule has 3 N–H and O–H groups in total. The Morgan fingerprint density at radius 3 is 2.47 bits per heavy atom. The van der Waals surface area contributed by atoms with Crippen LogP contribution in [0.3, 0.4) is 0 Å². The van der Waals surface area contributed by atoms with Gasteiger partial charge in [0, 0.05) is 5.39 Å². The number of carbonyl (C=O) groups is 1. The molecule has 0 saturated heterocycles. The summed E-state index contributed by atoms with van der Waals surface area (Å²) in [7, 11) is 0. The van der Waals surface area contributed by atoms with Gasteiger partial charge < -0.3 is 10.5 Å². The van der Waals surface area contributed by atoms with Gasteiger partial charge in [0.05, 0.1) is 5.52 Å². The molecule has 1 aromatic carbocycles. The number of nitrogen functional groups attached to an aromatic ring is 1. The van der Waals surface area contributed by atoms with Crippen LogP contribution in [0, 0.1) is 0 Å². The predicted octanol–water partition coefficient (Wildman–Crippen LogP) is 2.10. The lowest BCUT2D eigenvalue weighted by atomic mass is 10.2. The number of benzene rings is 1. The molecule has 17 heavy (non-hydrogen) atoms. The van der Waals surface area contributed by atoms with Gasteiger partial charge in [0.2, 0.25) is 0 Å². The van der Waals surface area contributed by atoms with Crippen LogP contribution in [0.15, 0.2) is 24.3 Å². The van der Waals surface area contributed by atoms with Gasteiger partial charge in [0.15, 0.2) is 5.82 Å².